The second-order valence-electron chi connectivity index (χ2n) is 6.79. The molecule has 4 N–H and O–H groups in total. The number of hydrogen-bond acceptors (Lipinski definition) is 6. The van der Waals surface area contributed by atoms with Crippen molar-refractivity contribution in [2.24, 2.45) is 0 Å². The normalized spacial score (nSPS) is 10.6. The number of nitrogens with two attached hydrogens (primary N) is 1. The highest BCUT2D eigenvalue weighted by Gasteiger charge is 2.08. The van der Waals surface area contributed by atoms with Crippen molar-refractivity contribution in [3.05, 3.63) is 54.1 Å². The van der Waals surface area contributed by atoms with Gasteiger partial charge in [0.1, 0.15) is 0 Å². The Morgan fingerprint density at radius 2 is 1.66 bits per heavy atom. The highest BCUT2D eigenvalue weighted by atomic mass is 16.1. The lowest BCUT2D eigenvalue weighted by Crippen LogP contribution is -2.12. The van der Waals surface area contributed by atoms with Crippen LogP contribution < -0.4 is 11.1 Å². The molecule has 0 saturated heterocycles. The van der Waals surface area contributed by atoms with Crippen molar-refractivity contribution in [1.29, 1.82) is 0 Å². The summed E-state index contributed by atoms with van der Waals surface area (Å²) in [4.78, 5) is 24.3. The lowest BCUT2D eigenvalue weighted by molar-refractivity contribution is -0.116. The maximum Gasteiger partial charge on any atom is 0.224 e. The minimum atomic E-state index is -0.0410. The van der Waals surface area contributed by atoms with Crippen molar-refractivity contribution in [3.63, 3.8) is 0 Å². The van der Waals surface area contributed by atoms with Crippen LogP contribution in [0.1, 0.15) is 48.9 Å². The molecule has 2 aromatic carbocycles. The second kappa shape index (κ2) is 10.1. The Balaban J connectivity index is 1.31. The van der Waals surface area contributed by atoms with E-state index in [0.717, 1.165) is 31.2 Å². The summed E-state index contributed by atoms with van der Waals surface area (Å²) in [6.07, 6.45) is 4.34. The van der Waals surface area contributed by atoms with Crippen molar-refractivity contribution in [2.45, 2.75) is 38.5 Å². The number of H-pyrrole nitrogens is 1. The molecule has 1 aromatic heterocycles. The van der Waals surface area contributed by atoms with E-state index < -0.39 is 0 Å². The lowest BCUT2D eigenvalue weighted by atomic mass is 10.0. The van der Waals surface area contributed by atoms with Crippen LogP contribution in [0.2, 0.25) is 0 Å². The lowest BCUT2D eigenvalue weighted by Gasteiger charge is -2.07. The summed E-state index contributed by atoms with van der Waals surface area (Å²) in [6.45, 7) is 0. The fourth-order valence-electron chi connectivity index (χ4n) is 2.98. The quantitative estimate of drug-likeness (QED) is 0.275. The summed E-state index contributed by atoms with van der Waals surface area (Å²) >= 11 is 0. The largest absolute Gasteiger partial charge is 0.397 e. The molecule has 8 nitrogen and oxygen atoms in total. The third-order valence-electron chi connectivity index (χ3n) is 4.60. The number of carbonyl (C=O) groups is 2. The van der Waals surface area contributed by atoms with Gasteiger partial charge in [0.15, 0.2) is 5.78 Å². The number of hydrogen-bond donors (Lipinski definition) is 3. The van der Waals surface area contributed by atoms with E-state index in [1.165, 1.54) is 0 Å². The van der Waals surface area contributed by atoms with Gasteiger partial charge in [-0.05, 0) is 30.2 Å². The summed E-state index contributed by atoms with van der Waals surface area (Å²) in [5.74, 6) is 0.575. The Hall–Kier alpha value is -3.55. The number of rotatable bonds is 10. The molecule has 0 radical (unpaired) electrons. The zero-order valence-electron chi connectivity index (χ0n) is 16.1. The fraction of sp³-hybridized carbons (Fsp3) is 0.286. The monoisotopic (exact) mass is 392 g/mol. The van der Waals surface area contributed by atoms with E-state index in [1.807, 2.05) is 24.3 Å². The number of aromatic amines is 1. The molecule has 0 fully saturated rings. The number of Topliss-reactive ketones (excluding diaryl/α,β-unsaturated/α-hetero) is 1. The van der Waals surface area contributed by atoms with Gasteiger partial charge in [-0.25, -0.2) is 0 Å². The van der Waals surface area contributed by atoms with Crippen LogP contribution in [0.3, 0.4) is 0 Å². The van der Waals surface area contributed by atoms with Gasteiger partial charge < -0.3 is 11.1 Å². The molecule has 0 spiro atoms. The third-order valence-corrected chi connectivity index (χ3v) is 4.60. The van der Waals surface area contributed by atoms with Crippen molar-refractivity contribution >= 4 is 23.1 Å². The van der Waals surface area contributed by atoms with Crippen LogP contribution in [0.5, 0.6) is 0 Å². The molecule has 0 bridgehead atoms. The highest BCUT2D eigenvalue weighted by molar-refractivity contribution is 5.96. The molecule has 29 heavy (non-hydrogen) atoms. The SMILES string of the molecule is Nc1ccccc1NC(=O)CCCCCCC(=O)c1ccc(-c2nn[nH]n2)cc1. The van der Waals surface area contributed by atoms with E-state index in [9.17, 15) is 9.59 Å². The van der Waals surface area contributed by atoms with Gasteiger partial charge in [0.05, 0.1) is 11.4 Å². The van der Waals surface area contributed by atoms with Crippen molar-refractivity contribution in [3.8, 4) is 11.4 Å². The highest BCUT2D eigenvalue weighted by Crippen LogP contribution is 2.18. The minimum Gasteiger partial charge on any atom is -0.397 e. The molecule has 8 heteroatoms. The average molecular weight is 392 g/mol. The number of aromatic nitrogens is 4. The van der Waals surface area contributed by atoms with E-state index in [0.29, 0.717) is 35.6 Å². The van der Waals surface area contributed by atoms with E-state index in [1.54, 1.807) is 24.3 Å². The maximum atomic E-state index is 12.3. The standard InChI is InChI=1S/C21H24N6O2/c22-17-7-5-6-8-18(17)23-20(29)10-4-2-1-3-9-19(28)15-11-13-16(14-12-15)21-24-26-27-25-21/h5-8,11-14H,1-4,9-10,22H2,(H,23,29)(H,24,25,26,27). The Bertz CT molecular complexity index is 938. The number of unbranched alkanes of at least 4 members (excludes halogenated alkanes) is 3. The van der Waals surface area contributed by atoms with Gasteiger partial charge in [0.2, 0.25) is 11.7 Å². The zero-order chi connectivity index (χ0) is 20.5. The first-order valence-electron chi connectivity index (χ1n) is 9.65. The van der Waals surface area contributed by atoms with Gasteiger partial charge in [-0.3, -0.25) is 9.59 Å². The van der Waals surface area contributed by atoms with Gasteiger partial charge in [-0.15, -0.1) is 10.2 Å². The number of carbonyl (C=O) groups excluding carboxylic acids is 2. The second-order valence-corrected chi connectivity index (χ2v) is 6.79. The van der Waals surface area contributed by atoms with Crippen LogP contribution in [0.15, 0.2) is 48.5 Å². The molecule has 0 unspecified atom stereocenters. The number of amides is 1. The molecular weight excluding hydrogens is 368 g/mol. The Morgan fingerprint density at radius 3 is 2.34 bits per heavy atom. The Labute approximate surface area is 168 Å². The summed E-state index contributed by atoms with van der Waals surface area (Å²) in [5, 5.41) is 16.6. The molecule has 0 aliphatic carbocycles. The number of nitrogens with one attached hydrogen (secondary N) is 2. The van der Waals surface area contributed by atoms with E-state index in [2.05, 4.69) is 25.9 Å². The number of anilines is 2. The first-order chi connectivity index (χ1) is 14.1. The van der Waals surface area contributed by atoms with Crippen molar-refractivity contribution in [1.82, 2.24) is 20.6 Å². The fourth-order valence-corrected chi connectivity index (χ4v) is 2.98. The zero-order valence-corrected chi connectivity index (χ0v) is 16.1. The predicted octanol–water partition coefficient (Wildman–Crippen LogP) is 3.61. The summed E-state index contributed by atoms with van der Waals surface area (Å²) < 4.78 is 0. The molecule has 0 aliphatic rings. The summed E-state index contributed by atoms with van der Waals surface area (Å²) in [7, 11) is 0. The summed E-state index contributed by atoms with van der Waals surface area (Å²) in [6, 6.07) is 14.4. The summed E-state index contributed by atoms with van der Waals surface area (Å²) in [5.41, 5.74) is 8.51. The van der Waals surface area contributed by atoms with Gasteiger partial charge in [0, 0.05) is 24.0 Å². The topological polar surface area (TPSA) is 127 Å². The molecule has 1 heterocycles. The van der Waals surface area contributed by atoms with Crippen molar-refractivity contribution < 1.29 is 9.59 Å². The molecule has 0 aliphatic heterocycles. The third kappa shape index (κ3) is 5.97. The van der Waals surface area contributed by atoms with E-state index in [-0.39, 0.29) is 11.7 Å². The number of benzene rings is 2. The number of nitrogen functional groups attached to an aromatic ring is 1. The molecule has 3 aromatic rings. The predicted molar refractivity (Wildman–Crippen MR) is 111 cm³/mol. The number of ketones is 1. The van der Waals surface area contributed by atoms with Gasteiger partial charge in [-0.1, -0.05) is 49.2 Å². The van der Waals surface area contributed by atoms with Gasteiger partial charge >= 0.3 is 0 Å². The van der Waals surface area contributed by atoms with E-state index in [4.69, 9.17) is 5.73 Å². The van der Waals surface area contributed by atoms with E-state index >= 15 is 0 Å². The molecule has 150 valence electrons. The number of tetrazole rings is 1. The van der Waals surface area contributed by atoms with Crippen LogP contribution in [0, 0.1) is 0 Å². The molecule has 0 atom stereocenters. The molecule has 1 amide bonds. The van der Waals surface area contributed by atoms with Crippen LogP contribution in [-0.2, 0) is 4.79 Å². The van der Waals surface area contributed by atoms with Crippen molar-refractivity contribution in [2.75, 3.05) is 11.1 Å². The van der Waals surface area contributed by atoms with Gasteiger partial charge in [0.25, 0.3) is 0 Å². The minimum absolute atomic E-state index is 0.0410. The Morgan fingerprint density at radius 1 is 0.931 bits per heavy atom. The Kier molecular flexibility index (Phi) is 7.05. The number of para-hydroxylation sites is 2. The van der Waals surface area contributed by atoms with Crippen LogP contribution >= 0.6 is 0 Å². The number of nitrogens with zero attached hydrogens (tertiary/aromatic N) is 3. The van der Waals surface area contributed by atoms with Gasteiger partial charge in [-0.2, -0.15) is 5.21 Å². The maximum absolute atomic E-state index is 12.3. The average Bonchev–Trinajstić information content (AvgIpc) is 3.27. The van der Waals surface area contributed by atoms with Crippen LogP contribution in [0.4, 0.5) is 11.4 Å². The molecular formula is C21H24N6O2. The first-order valence-corrected chi connectivity index (χ1v) is 9.65. The molecule has 0 saturated carbocycles. The van der Waals surface area contributed by atoms with Crippen LogP contribution in [-0.4, -0.2) is 32.3 Å². The first kappa shape index (κ1) is 20.2. The molecule has 3 rings (SSSR count). The van der Waals surface area contributed by atoms with Crippen LogP contribution in [0.25, 0.3) is 11.4 Å². The smallest absolute Gasteiger partial charge is 0.224 e.